The number of imidazole rings is 1. The van der Waals surface area contributed by atoms with Crippen molar-refractivity contribution in [2.24, 2.45) is 7.05 Å². The first kappa shape index (κ1) is 18.3. The van der Waals surface area contributed by atoms with Crippen molar-refractivity contribution in [3.8, 4) is 11.5 Å². The van der Waals surface area contributed by atoms with Crippen molar-refractivity contribution in [3.63, 3.8) is 0 Å². The number of anilines is 1. The van der Waals surface area contributed by atoms with Gasteiger partial charge < -0.3 is 24.7 Å². The number of nitrogens with zero attached hydrogens (tertiary/aromatic N) is 2. The van der Waals surface area contributed by atoms with Crippen molar-refractivity contribution in [1.82, 2.24) is 14.9 Å². The van der Waals surface area contributed by atoms with Crippen LogP contribution in [0.4, 0.5) is 10.5 Å². The van der Waals surface area contributed by atoms with Gasteiger partial charge in [0.2, 0.25) is 0 Å². The van der Waals surface area contributed by atoms with Gasteiger partial charge in [-0.1, -0.05) is 18.2 Å². The Bertz CT molecular complexity index is 923. The molecule has 2 aromatic carbocycles. The number of carbonyl (C=O) groups is 1. The molecule has 0 aliphatic heterocycles. The number of hydrogen-bond acceptors (Lipinski definition) is 4. The molecule has 1 heterocycles. The van der Waals surface area contributed by atoms with Crippen LogP contribution < -0.4 is 20.1 Å². The van der Waals surface area contributed by atoms with Gasteiger partial charge in [-0.05, 0) is 29.8 Å². The highest BCUT2D eigenvalue weighted by Gasteiger charge is 2.21. The Morgan fingerprint density at radius 3 is 2.44 bits per heavy atom. The Morgan fingerprint density at radius 2 is 1.78 bits per heavy atom. The highest BCUT2D eigenvalue weighted by molar-refractivity contribution is 5.90. The summed E-state index contributed by atoms with van der Waals surface area (Å²) in [4.78, 5) is 17.0. The van der Waals surface area contributed by atoms with Crippen LogP contribution in [0.25, 0.3) is 0 Å². The molecular weight excluding hydrogens is 344 g/mol. The van der Waals surface area contributed by atoms with Crippen LogP contribution in [0.3, 0.4) is 0 Å². The van der Waals surface area contributed by atoms with Crippen LogP contribution in [0.1, 0.15) is 17.4 Å². The first-order valence-corrected chi connectivity index (χ1v) is 8.43. The molecule has 0 fully saturated rings. The van der Waals surface area contributed by atoms with Crippen LogP contribution >= 0.6 is 0 Å². The second kappa shape index (κ2) is 8.27. The van der Waals surface area contributed by atoms with E-state index in [1.165, 1.54) is 0 Å². The molecule has 0 aliphatic rings. The summed E-state index contributed by atoms with van der Waals surface area (Å²) < 4.78 is 12.4. The summed E-state index contributed by atoms with van der Waals surface area (Å²) in [7, 11) is 5.08. The molecule has 7 heteroatoms. The summed E-state index contributed by atoms with van der Waals surface area (Å²) in [5.41, 5.74) is 1.50. The number of benzene rings is 2. The number of aromatic nitrogens is 2. The molecule has 140 valence electrons. The van der Waals surface area contributed by atoms with Gasteiger partial charge in [0.05, 0.1) is 14.2 Å². The van der Waals surface area contributed by atoms with E-state index in [0.29, 0.717) is 23.0 Å². The summed E-state index contributed by atoms with van der Waals surface area (Å²) in [5, 5.41) is 5.81. The molecule has 3 rings (SSSR count). The lowest BCUT2D eigenvalue weighted by molar-refractivity contribution is 0.249. The monoisotopic (exact) mass is 366 g/mol. The van der Waals surface area contributed by atoms with Gasteiger partial charge in [0.25, 0.3) is 0 Å². The number of carbonyl (C=O) groups excluding carboxylic acids is 1. The first-order valence-electron chi connectivity index (χ1n) is 8.43. The van der Waals surface area contributed by atoms with Gasteiger partial charge in [0.15, 0.2) is 0 Å². The zero-order valence-electron chi connectivity index (χ0n) is 15.5. The number of aryl methyl sites for hydroxylation is 1. The Kier molecular flexibility index (Phi) is 5.61. The minimum Gasteiger partial charge on any atom is -0.497 e. The summed E-state index contributed by atoms with van der Waals surface area (Å²) in [5.74, 6) is 2.09. The third kappa shape index (κ3) is 4.38. The molecule has 27 heavy (non-hydrogen) atoms. The van der Waals surface area contributed by atoms with Gasteiger partial charge in [-0.2, -0.15) is 0 Å². The number of nitrogens with one attached hydrogen (secondary N) is 2. The fourth-order valence-corrected chi connectivity index (χ4v) is 2.77. The molecular formula is C20H22N4O3. The summed E-state index contributed by atoms with van der Waals surface area (Å²) >= 11 is 0. The normalized spacial score (nSPS) is 11.5. The first-order chi connectivity index (χ1) is 13.1. The quantitative estimate of drug-likeness (QED) is 0.701. The minimum absolute atomic E-state index is 0.348. The van der Waals surface area contributed by atoms with Crippen molar-refractivity contribution < 1.29 is 14.3 Å². The van der Waals surface area contributed by atoms with E-state index < -0.39 is 6.04 Å². The molecule has 0 saturated heterocycles. The Balaban J connectivity index is 1.85. The fraction of sp³-hybridized carbons (Fsp3) is 0.200. The number of urea groups is 1. The average molecular weight is 366 g/mol. The average Bonchev–Trinajstić information content (AvgIpc) is 3.12. The number of amides is 2. The highest BCUT2D eigenvalue weighted by Crippen LogP contribution is 2.24. The molecule has 0 spiro atoms. The van der Waals surface area contributed by atoms with Crippen molar-refractivity contribution in [1.29, 1.82) is 0 Å². The molecule has 0 bridgehead atoms. The van der Waals surface area contributed by atoms with Crippen molar-refractivity contribution in [3.05, 3.63) is 72.3 Å². The smallest absolute Gasteiger partial charge is 0.320 e. The zero-order chi connectivity index (χ0) is 19.2. The van der Waals surface area contributed by atoms with Crippen LogP contribution in [0.5, 0.6) is 11.5 Å². The molecule has 1 atom stereocenters. The largest absolute Gasteiger partial charge is 0.497 e. The van der Waals surface area contributed by atoms with Gasteiger partial charge in [0, 0.05) is 31.2 Å². The van der Waals surface area contributed by atoms with Gasteiger partial charge in [0.1, 0.15) is 23.4 Å². The minimum atomic E-state index is -0.439. The van der Waals surface area contributed by atoms with E-state index in [4.69, 9.17) is 9.47 Å². The van der Waals surface area contributed by atoms with Crippen LogP contribution in [0.15, 0.2) is 60.9 Å². The van der Waals surface area contributed by atoms with E-state index in [9.17, 15) is 4.79 Å². The van der Waals surface area contributed by atoms with E-state index in [1.807, 2.05) is 54.2 Å². The summed E-state index contributed by atoms with van der Waals surface area (Å²) in [6.07, 6.45) is 3.54. The predicted molar refractivity (Wildman–Crippen MR) is 103 cm³/mol. The number of ether oxygens (including phenoxy) is 2. The molecule has 7 nitrogen and oxygen atoms in total. The second-order valence-corrected chi connectivity index (χ2v) is 5.94. The maximum Gasteiger partial charge on any atom is 0.320 e. The molecule has 3 aromatic rings. The SMILES string of the molecule is COc1cccc(NC(=O)NC(c2cccc(OC)c2)c2nccn2C)c1. The van der Waals surface area contributed by atoms with Crippen molar-refractivity contribution >= 4 is 11.7 Å². The van der Waals surface area contributed by atoms with Gasteiger partial charge in [-0.25, -0.2) is 9.78 Å². The van der Waals surface area contributed by atoms with Crippen LogP contribution in [0.2, 0.25) is 0 Å². The fourth-order valence-electron chi connectivity index (χ4n) is 2.77. The maximum absolute atomic E-state index is 12.6. The molecule has 2 N–H and O–H groups in total. The van der Waals surface area contributed by atoms with Gasteiger partial charge in [-0.15, -0.1) is 0 Å². The summed E-state index contributed by atoms with van der Waals surface area (Å²) in [6, 6.07) is 13.9. The molecule has 0 radical (unpaired) electrons. The molecule has 1 unspecified atom stereocenters. The maximum atomic E-state index is 12.6. The Hall–Kier alpha value is -3.48. The number of rotatable bonds is 6. The lowest BCUT2D eigenvalue weighted by atomic mass is 10.1. The Labute approximate surface area is 157 Å². The lowest BCUT2D eigenvalue weighted by Crippen LogP contribution is -2.34. The third-order valence-corrected chi connectivity index (χ3v) is 4.15. The Morgan fingerprint density at radius 1 is 1.07 bits per heavy atom. The number of hydrogen-bond donors (Lipinski definition) is 2. The van der Waals surface area contributed by atoms with Crippen molar-refractivity contribution in [2.75, 3.05) is 19.5 Å². The third-order valence-electron chi connectivity index (χ3n) is 4.15. The van der Waals surface area contributed by atoms with Gasteiger partial charge >= 0.3 is 6.03 Å². The van der Waals surface area contributed by atoms with E-state index in [0.717, 1.165) is 5.56 Å². The molecule has 1 aromatic heterocycles. The van der Waals surface area contributed by atoms with E-state index in [-0.39, 0.29) is 6.03 Å². The van der Waals surface area contributed by atoms with Crippen LogP contribution in [-0.2, 0) is 7.05 Å². The zero-order valence-corrected chi connectivity index (χ0v) is 15.5. The standard InChI is InChI=1S/C20H22N4O3/c1-24-11-10-21-19(24)18(14-6-4-8-16(12-14)26-2)23-20(25)22-15-7-5-9-17(13-15)27-3/h4-13,18H,1-3H3,(H2,22,23,25). The topological polar surface area (TPSA) is 77.4 Å². The van der Waals surface area contributed by atoms with E-state index >= 15 is 0 Å². The highest BCUT2D eigenvalue weighted by atomic mass is 16.5. The molecule has 0 saturated carbocycles. The second-order valence-electron chi connectivity index (χ2n) is 5.94. The number of methoxy groups -OCH3 is 2. The van der Waals surface area contributed by atoms with Crippen LogP contribution in [-0.4, -0.2) is 29.8 Å². The molecule has 2 amide bonds. The van der Waals surface area contributed by atoms with Crippen LogP contribution in [0, 0.1) is 0 Å². The summed E-state index contributed by atoms with van der Waals surface area (Å²) in [6.45, 7) is 0. The van der Waals surface area contributed by atoms with Gasteiger partial charge in [-0.3, -0.25) is 0 Å². The molecule has 0 aliphatic carbocycles. The lowest BCUT2D eigenvalue weighted by Gasteiger charge is -2.20. The van der Waals surface area contributed by atoms with Crippen molar-refractivity contribution in [2.45, 2.75) is 6.04 Å². The van der Waals surface area contributed by atoms with E-state index in [2.05, 4.69) is 15.6 Å². The predicted octanol–water partition coefficient (Wildman–Crippen LogP) is 3.35. The van der Waals surface area contributed by atoms with E-state index in [1.54, 1.807) is 32.5 Å².